The first kappa shape index (κ1) is 16.8. The molecule has 22 heavy (non-hydrogen) atoms. The molecule has 0 aromatic carbocycles. The van der Waals surface area contributed by atoms with Gasteiger partial charge in [0.25, 0.3) is 0 Å². The maximum absolute atomic E-state index is 13.2. The lowest BCUT2D eigenvalue weighted by molar-refractivity contribution is -0.118. The van der Waals surface area contributed by atoms with Crippen molar-refractivity contribution in [2.45, 2.75) is 13.3 Å². The van der Waals surface area contributed by atoms with Crippen LogP contribution in [-0.4, -0.2) is 33.0 Å². The molecule has 5 nitrogen and oxygen atoms in total. The fourth-order valence-electron chi connectivity index (χ4n) is 1.96. The molecule has 0 aliphatic carbocycles. The number of carbonyl (C=O) groups is 1. The molecule has 2 heterocycles. The van der Waals surface area contributed by atoms with Crippen LogP contribution in [0.25, 0.3) is 5.69 Å². The van der Waals surface area contributed by atoms with E-state index in [4.69, 9.17) is 11.6 Å². The van der Waals surface area contributed by atoms with Gasteiger partial charge in [-0.1, -0.05) is 11.6 Å². The van der Waals surface area contributed by atoms with E-state index in [0.29, 0.717) is 30.1 Å². The van der Waals surface area contributed by atoms with E-state index in [-0.39, 0.29) is 11.1 Å². The lowest BCUT2D eigenvalue weighted by Crippen LogP contribution is -2.30. The Morgan fingerprint density at radius 1 is 1.55 bits per heavy atom. The number of pyridine rings is 1. The van der Waals surface area contributed by atoms with Crippen molar-refractivity contribution < 1.29 is 9.18 Å². The SMILES string of the molecule is [CH2-]SCCC(=O)N(CC)c1cn(-c2cncc(F)c2)nc1Cl. The summed E-state index contributed by atoms with van der Waals surface area (Å²) < 4.78 is 14.6. The molecule has 1 amide bonds. The highest BCUT2D eigenvalue weighted by Crippen LogP contribution is 2.26. The molecule has 0 spiro atoms. The number of rotatable bonds is 6. The van der Waals surface area contributed by atoms with Crippen LogP contribution in [0.3, 0.4) is 0 Å². The highest BCUT2D eigenvalue weighted by atomic mass is 35.5. The van der Waals surface area contributed by atoms with Crippen LogP contribution >= 0.6 is 23.4 Å². The number of amides is 1. The van der Waals surface area contributed by atoms with Gasteiger partial charge in [0.1, 0.15) is 11.5 Å². The Labute approximate surface area is 137 Å². The lowest BCUT2D eigenvalue weighted by atomic mass is 10.3. The topological polar surface area (TPSA) is 51.0 Å². The number of nitrogens with zero attached hydrogens (tertiary/aromatic N) is 4. The molecule has 2 rings (SSSR count). The molecule has 2 aromatic heterocycles. The summed E-state index contributed by atoms with van der Waals surface area (Å²) in [5.41, 5.74) is 0.928. The molecule has 0 unspecified atom stereocenters. The lowest BCUT2D eigenvalue weighted by Gasteiger charge is -2.19. The van der Waals surface area contributed by atoms with E-state index in [1.165, 1.54) is 28.7 Å². The van der Waals surface area contributed by atoms with Crippen molar-refractivity contribution in [2.24, 2.45) is 0 Å². The first-order valence-electron chi connectivity index (χ1n) is 6.60. The van der Waals surface area contributed by atoms with Crippen LogP contribution in [0.4, 0.5) is 10.1 Å². The zero-order chi connectivity index (χ0) is 16.1. The standard InChI is InChI=1S/C14H15ClFN4OS/c1-3-19(13(21)4-5-22-2)12-9-20(18-14(12)15)11-6-10(16)7-17-8-11/h6-9H,2-5H2,1H3/q-1. The van der Waals surface area contributed by atoms with Gasteiger partial charge in [-0.05, 0) is 12.7 Å². The first-order valence-corrected chi connectivity index (χ1v) is 8.13. The van der Waals surface area contributed by atoms with E-state index in [1.54, 1.807) is 11.1 Å². The highest BCUT2D eigenvalue weighted by Gasteiger charge is 2.19. The van der Waals surface area contributed by atoms with E-state index in [1.807, 2.05) is 6.92 Å². The summed E-state index contributed by atoms with van der Waals surface area (Å²) in [5.74, 6) is 0.105. The summed E-state index contributed by atoms with van der Waals surface area (Å²) in [7, 11) is 0. The van der Waals surface area contributed by atoms with E-state index >= 15 is 0 Å². The minimum atomic E-state index is -0.471. The fourth-order valence-corrected chi connectivity index (χ4v) is 2.51. The molecule has 0 aliphatic heterocycles. The van der Waals surface area contributed by atoms with Gasteiger partial charge in [-0.3, -0.25) is 16.0 Å². The van der Waals surface area contributed by atoms with E-state index < -0.39 is 5.82 Å². The number of aromatic nitrogens is 3. The molecular weight excluding hydrogens is 327 g/mol. The Bertz CT molecular complexity index is 664. The van der Waals surface area contributed by atoms with Crippen LogP contribution in [0.1, 0.15) is 13.3 Å². The third-order valence-corrected chi connectivity index (χ3v) is 3.74. The average Bonchev–Trinajstić information content (AvgIpc) is 2.88. The van der Waals surface area contributed by atoms with Gasteiger partial charge < -0.3 is 16.7 Å². The largest absolute Gasteiger partial charge is 0.354 e. The predicted molar refractivity (Wildman–Crippen MR) is 86.8 cm³/mol. The van der Waals surface area contributed by atoms with Gasteiger partial charge >= 0.3 is 0 Å². The molecule has 2 aromatic rings. The molecule has 0 N–H and O–H groups in total. The maximum Gasteiger partial charge on any atom is 0.227 e. The Kier molecular flexibility index (Phi) is 5.79. The van der Waals surface area contributed by atoms with Crippen molar-refractivity contribution in [1.82, 2.24) is 14.8 Å². The molecule has 8 heteroatoms. The van der Waals surface area contributed by atoms with Crippen molar-refractivity contribution in [3.63, 3.8) is 0 Å². The average molecular weight is 342 g/mol. The van der Waals surface area contributed by atoms with Gasteiger partial charge in [-0.15, -0.1) is 0 Å². The molecule has 0 radical (unpaired) electrons. The van der Waals surface area contributed by atoms with Gasteiger partial charge in [-0.25, -0.2) is 9.07 Å². The van der Waals surface area contributed by atoms with Crippen molar-refractivity contribution in [1.29, 1.82) is 0 Å². The van der Waals surface area contributed by atoms with Gasteiger partial charge in [0.2, 0.25) is 5.91 Å². The summed E-state index contributed by atoms with van der Waals surface area (Å²) in [6.07, 6.45) is 8.18. The van der Waals surface area contributed by atoms with Gasteiger partial charge in [-0.2, -0.15) is 5.10 Å². The van der Waals surface area contributed by atoms with Crippen LogP contribution in [0, 0.1) is 12.1 Å². The van der Waals surface area contributed by atoms with Gasteiger partial charge in [0.05, 0.1) is 24.3 Å². The summed E-state index contributed by atoms with van der Waals surface area (Å²) >= 11 is 7.49. The Morgan fingerprint density at radius 3 is 2.95 bits per heavy atom. The van der Waals surface area contributed by atoms with E-state index in [9.17, 15) is 9.18 Å². The molecule has 0 bridgehead atoms. The van der Waals surface area contributed by atoms with E-state index in [2.05, 4.69) is 16.3 Å². The summed E-state index contributed by atoms with van der Waals surface area (Å²) in [4.78, 5) is 17.5. The van der Waals surface area contributed by atoms with Crippen molar-refractivity contribution in [3.8, 4) is 5.69 Å². The fraction of sp³-hybridized carbons (Fsp3) is 0.286. The number of anilines is 1. The van der Waals surface area contributed by atoms with Gasteiger partial charge in [0.15, 0.2) is 5.15 Å². The summed E-state index contributed by atoms with van der Waals surface area (Å²) in [6, 6.07) is 1.29. The number of thioether (sulfide) groups is 1. The number of halogens is 2. The normalized spacial score (nSPS) is 10.7. The summed E-state index contributed by atoms with van der Waals surface area (Å²) in [6.45, 7) is 2.32. The summed E-state index contributed by atoms with van der Waals surface area (Å²) in [5, 5.41) is 4.30. The van der Waals surface area contributed by atoms with Crippen LogP contribution in [0.15, 0.2) is 24.7 Å². The zero-order valence-electron chi connectivity index (χ0n) is 12.0. The molecule has 0 saturated carbocycles. The van der Waals surface area contributed by atoms with Crippen molar-refractivity contribution in [2.75, 3.05) is 17.2 Å². The number of hydrogen-bond donors (Lipinski definition) is 0. The predicted octanol–water partition coefficient (Wildman–Crippen LogP) is 3.33. The maximum atomic E-state index is 13.2. The molecule has 118 valence electrons. The molecule has 0 saturated heterocycles. The third kappa shape index (κ3) is 3.78. The highest BCUT2D eigenvalue weighted by molar-refractivity contribution is 8.00. The van der Waals surface area contributed by atoms with Crippen LogP contribution in [0.2, 0.25) is 5.15 Å². The second-order valence-electron chi connectivity index (χ2n) is 4.41. The number of hydrogen-bond acceptors (Lipinski definition) is 4. The first-order chi connectivity index (χ1) is 10.6. The second kappa shape index (κ2) is 7.60. The van der Waals surface area contributed by atoms with Crippen molar-refractivity contribution in [3.05, 3.63) is 41.9 Å². The minimum Gasteiger partial charge on any atom is -0.354 e. The molecule has 0 atom stereocenters. The zero-order valence-corrected chi connectivity index (χ0v) is 13.6. The quantitative estimate of drug-likeness (QED) is 0.756. The third-order valence-electron chi connectivity index (χ3n) is 2.97. The molecular formula is C14H15ClFN4OS-. The Balaban J connectivity index is 2.30. The van der Waals surface area contributed by atoms with Crippen LogP contribution in [0.5, 0.6) is 0 Å². The van der Waals surface area contributed by atoms with Crippen molar-refractivity contribution >= 4 is 35.0 Å². The molecule has 0 fully saturated rings. The Hall–Kier alpha value is -1.60. The molecule has 0 aliphatic rings. The van der Waals surface area contributed by atoms with Crippen LogP contribution < -0.4 is 4.90 Å². The smallest absolute Gasteiger partial charge is 0.227 e. The Morgan fingerprint density at radius 2 is 2.32 bits per heavy atom. The van der Waals surface area contributed by atoms with Gasteiger partial charge in [0, 0.05) is 19.0 Å². The second-order valence-corrected chi connectivity index (χ2v) is 5.58. The number of carbonyl (C=O) groups excluding carboxylic acids is 1. The monoisotopic (exact) mass is 341 g/mol. The van der Waals surface area contributed by atoms with Crippen LogP contribution in [-0.2, 0) is 4.79 Å². The minimum absolute atomic E-state index is 0.0579. The van der Waals surface area contributed by atoms with E-state index in [0.717, 1.165) is 6.20 Å².